The second kappa shape index (κ2) is 6.86. The van der Waals surface area contributed by atoms with Gasteiger partial charge in [0.15, 0.2) is 0 Å². The van der Waals surface area contributed by atoms with Gasteiger partial charge < -0.3 is 5.32 Å². The molecular weight excluding hydrogens is 366 g/mol. The van der Waals surface area contributed by atoms with Crippen molar-refractivity contribution < 1.29 is 4.79 Å². The minimum absolute atomic E-state index is 0.185. The van der Waals surface area contributed by atoms with Gasteiger partial charge in [-0.1, -0.05) is 35.9 Å². The number of nitrogens with zero attached hydrogens (tertiary/aromatic N) is 2. The average molecular weight is 380 g/mol. The lowest BCUT2D eigenvalue weighted by Crippen LogP contribution is -2.14. The molecule has 4 aromatic rings. The van der Waals surface area contributed by atoms with Crippen molar-refractivity contribution in [3.63, 3.8) is 0 Å². The first-order valence-corrected chi connectivity index (χ1v) is 9.20. The van der Waals surface area contributed by atoms with Gasteiger partial charge in [0.05, 0.1) is 15.8 Å². The fraction of sp³-hybridized carbons (Fsp3) is 0.0500. The van der Waals surface area contributed by atoms with Crippen LogP contribution in [-0.4, -0.2) is 15.9 Å². The second-order valence-corrected chi connectivity index (χ2v) is 7.15. The molecule has 26 heavy (non-hydrogen) atoms. The van der Waals surface area contributed by atoms with Crippen molar-refractivity contribution >= 4 is 44.7 Å². The predicted octanol–water partition coefficient (Wildman–Crippen LogP) is 5.57. The molecule has 0 unspecified atom stereocenters. The number of carbonyl (C=O) groups is 1. The fourth-order valence-electron chi connectivity index (χ4n) is 2.74. The number of hydrogen-bond donors (Lipinski definition) is 1. The number of amides is 1. The van der Waals surface area contributed by atoms with E-state index in [1.54, 1.807) is 29.7 Å². The molecule has 0 bridgehead atoms. The highest BCUT2D eigenvalue weighted by atomic mass is 35.5. The molecule has 128 valence electrons. The number of thiazole rings is 1. The second-order valence-electron chi connectivity index (χ2n) is 5.76. The molecule has 0 aliphatic rings. The maximum absolute atomic E-state index is 12.5. The number of para-hydroxylation sites is 1. The van der Waals surface area contributed by atoms with Gasteiger partial charge in [0.2, 0.25) is 0 Å². The van der Waals surface area contributed by atoms with E-state index in [0.717, 1.165) is 32.0 Å². The van der Waals surface area contributed by atoms with Crippen LogP contribution in [0.4, 0.5) is 5.69 Å². The largest absolute Gasteiger partial charge is 0.322 e. The molecule has 0 aliphatic carbocycles. The molecule has 2 heterocycles. The number of pyridine rings is 1. The van der Waals surface area contributed by atoms with E-state index >= 15 is 0 Å². The van der Waals surface area contributed by atoms with Crippen molar-refractivity contribution in [3.05, 3.63) is 77.1 Å². The summed E-state index contributed by atoms with van der Waals surface area (Å²) in [5.74, 6) is -0.285. The number of anilines is 1. The van der Waals surface area contributed by atoms with E-state index in [1.165, 1.54) is 0 Å². The Balaban J connectivity index is 1.70. The van der Waals surface area contributed by atoms with Crippen LogP contribution in [0.3, 0.4) is 0 Å². The summed E-state index contributed by atoms with van der Waals surface area (Å²) in [6, 6.07) is 17.2. The van der Waals surface area contributed by atoms with E-state index in [9.17, 15) is 4.79 Å². The zero-order valence-electron chi connectivity index (χ0n) is 13.9. The zero-order valence-corrected chi connectivity index (χ0v) is 15.4. The molecule has 2 aromatic carbocycles. The minimum Gasteiger partial charge on any atom is -0.322 e. The highest BCUT2D eigenvalue weighted by Gasteiger charge is 2.15. The molecule has 0 fully saturated rings. The number of carbonyl (C=O) groups excluding carboxylic acids is 1. The van der Waals surface area contributed by atoms with Gasteiger partial charge in [0, 0.05) is 17.4 Å². The van der Waals surface area contributed by atoms with E-state index < -0.39 is 0 Å². The number of fused-ring (bicyclic) bond motifs is 1. The Kier molecular flexibility index (Phi) is 4.41. The average Bonchev–Trinajstić information content (AvgIpc) is 3.07. The molecule has 4 nitrogen and oxygen atoms in total. The summed E-state index contributed by atoms with van der Waals surface area (Å²) < 4.78 is 1.14. The lowest BCUT2D eigenvalue weighted by Gasteiger charge is -2.11. The first-order valence-electron chi connectivity index (χ1n) is 8.01. The summed E-state index contributed by atoms with van der Waals surface area (Å²) in [7, 11) is 0. The fourth-order valence-corrected chi connectivity index (χ4v) is 3.99. The summed E-state index contributed by atoms with van der Waals surface area (Å²) in [5.41, 5.74) is 4.01. The Morgan fingerprint density at radius 2 is 1.92 bits per heavy atom. The Hall–Kier alpha value is -2.76. The summed E-state index contributed by atoms with van der Waals surface area (Å²) >= 11 is 7.65. The lowest BCUT2D eigenvalue weighted by molar-refractivity contribution is 0.102. The van der Waals surface area contributed by atoms with E-state index in [1.807, 2.05) is 43.3 Å². The van der Waals surface area contributed by atoms with Crippen LogP contribution in [0.2, 0.25) is 5.15 Å². The van der Waals surface area contributed by atoms with Crippen molar-refractivity contribution in [2.75, 3.05) is 5.32 Å². The number of nitrogens with one attached hydrogen (secondary N) is 1. The van der Waals surface area contributed by atoms with Crippen LogP contribution in [-0.2, 0) is 0 Å². The smallest absolute Gasteiger partial charge is 0.258 e. The first kappa shape index (κ1) is 16.7. The van der Waals surface area contributed by atoms with Crippen molar-refractivity contribution in [2.24, 2.45) is 0 Å². The molecule has 1 N–H and O–H groups in total. The Morgan fingerprint density at radius 3 is 2.73 bits per heavy atom. The van der Waals surface area contributed by atoms with E-state index in [4.69, 9.17) is 16.6 Å². The quantitative estimate of drug-likeness (QED) is 0.473. The molecule has 2 aromatic heterocycles. The Labute approximate surface area is 159 Å². The van der Waals surface area contributed by atoms with Crippen LogP contribution in [0, 0.1) is 6.92 Å². The molecule has 1 amide bonds. The van der Waals surface area contributed by atoms with Gasteiger partial charge in [-0.3, -0.25) is 4.79 Å². The van der Waals surface area contributed by atoms with Gasteiger partial charge in [0.25, 0.3) is 5.91 Å². The van der Waals surface area contributed by atoms with Gasteiger partial charge in [0.1, 0.15) is 10.2 Å². The van der Waals surface area contributed by atoms with Crippen LogP contribution < -0.4 is 5.32 Å². The van der Waals surface area contributed by atoms with Gasteiger partial charge in [-0.25, -0.2) is 9.97 Å². The normalized spacial score (nSPS) is 10.8. The molecule has 6 heteroatoms. The number of hydrogen-bond acceptors (Lipinski definition) is 4. The Bertz CT molecular complexity index is 1090. The third-order valence-corrected chi connectivity index (χ3v) is 5.48. The molecule has 0 spiro atoms. The van der Waals surface area contributed by atoms with E-state index in [2.05, 4.69) is 16.4 Å². The SMILES string of the molecule is Cc1c(NC(=O)c2cccnc2Cl)cccc1-c1nc2ccccc2s1. The van der Waals surface area contributed by atoms with Gasteiger partial charge in [-0.2, -0.15) is 0 Å². The molecule has 0 aliphatic heterocycles. The van der Waals surface area contributed by atoms with Crippen LogP contribution >= 0.6 is 22.9 Å². The standard InChI is InChI=1S/C20H14ClN3OS/c1-12-13(20-24-16-8-2-3-10-17(16)26-20)6-4-9-15(12)23-19(25)14-7-5-11-22-18(14)21/h2-11H,1H3,(H,23,25). The zero-order chi connectivity index (χ0) is 18.1. The van der Waals surface area contributed by atoms with Crippen LogP contribution in [0.5, 0.6) is 0 Å². The third kappa shape index (κ3) is 3.07. The van der Waals surface area contributed by atoms with Gasteiger partial charge in [-0.05, 0) is 42.8 Å². The highest BCUT2D eigenvalue weighted by molar-refractivity contribution is 7.21. The topological polar surface area (TPSA) is 54.9 Å². The van der Waals surface area contributed by atoms with Crippen LogP contribution in [0.15, 0.2) is 60.8 Å². The minimum atomic E-state index is -0.285. The summed E-state index contributed by atoms with van der Waals surface area (Å²) in [6.45, 7) is 1.97. The predicted molar refractivity (Wildman–Crippen MR) is 107 cm³/mol. The lowest BCUT2D eigenvalue weighted by atomic mass is 10.1. The molecule has 4 rings (SSSR count). The maximum atomic E-state index is 12.5. The molecule has 0 atom stereocenters. The molecular formula is C20H14ClN3OS. The highest BCUT2D eigenvalue weighted by Crippen LogP contribution is 2.34. The first-order chi connectivity index (χ1) is 12.6. The van der Waals surface area contributed by atoms with Crippen LogP contribution in [0.25, 0.3) is 20.8 Å². The molecule has 0 saturated heterocycles. The molecule has 0 radical (unpaired) electrons. The summed E-state index contributed by atoms with van der Waals surface area (Å²) in [5, 5.41) is 4.04. The number of halogens is 1. The van der Waals surface area contributed by atoms with E-state index in [-0.39, 0.29) is 11.1 Å². The number of aromatic nitrogens is 2. The van der Waals surface area contributed by atoms with Crippen molar-refractivity contribution in [1.82, 2.24) is 9.97 Å². The van der Waals surface area contributed by atoms with Crippen molar-refractivity contribution in [2.45, 2.75) is 6.92 Å². The third-order valence-electron chi connectivity index (χ3n) is 4.11. The maximum Gasteiger partial charge on any atom is 0.258 e. The molecule has 0 saturated carbocycles. The Morgan fingerprint density at radius 1 is 1.08 bits per heavy atom. The summed E-state index contributed by atoms with van der Waals surface area (Å²) in [4.78, 5) is 21.2. The summed E-state index contributed by atoms with van der Waals surface area (Å²) in [6.07, 6.45) is 1.55. The van der Waals surface area contributed by atoms with Crippen molar-refractivity contribution in [3.8, 4) is 10.6 Å². The monoisotopic (exact) mass is 379 g/mol. The van der Waals surface area contributed by atoms with Gasteiger partial charge in [-0.15, -0.1) is 11.3 Å². The van der Waals surface area contributed by atoms with Crippen LogP contribution in [0.1, 0.15) is 15.9 Å². The number of benzene rings is 2. The van der Waals surface area contributed by atoms with Crippen molar-refractivity contribution in [1.29, 1.82) is 0 Å². The van der Waals surface area contributed by atoms with E-state index in [0.29, 0.717) is 5.56 Å². The number of rotatable bonds is 3. The van der Waals surface area contributed by atoms with Gasteiger partial charge >= 0.3 is 0 Å².